The van der Waals surface area contributed by atoms with E-state index in [0.29, 0.717) is 11.1 Å². The molecule has 0 spiro atoms. The predicted octanol–water partition coefficient (Wildman–Crippen LogP) is 3.68. The predicted molar refractivity (Wildman–Crippen MR) is 71.4 cm³/mol. The maximum Gasteiger partial charge on any atom is 0.516 e. The summed E-state index contributed by atoms with van der Waals surface area (Å²) in [6, 6.07) is 6.01. The standard InChI is InChI=1S/C13H12F3NO2S/c14-13(15,16)20(18,19)17-12-9-5-4-8-11(12)10-6-2-1-3-7-10/h2,4-9,17H,1,3H2. The molecule has 3 nitrogen and oxygen atoms in total. The summed E-state index contributed by atoms with van der Waals surface area (Å²) in [4.78, 5) is 0. The van der Waals surface area contributed by atoms with Crippen LogP contribution in [0.1, 0.15) is 18.4 Å². The fourth-order valence-electron chi connectivity index (χ4n) is 1.84. The molecule has 0 heterocycles. The first kappa shape index (κ1) is 14.6. The van der Waals surface area contributed by atoms with Gasteiger partial charge in [0.1, 0.15) is 0 Å². The van der Waals surface area contributed by atoms with Gasteiger partial charge in [0, 0.05) is 5.56 Å². The average Bonchev–Trinajstić information content (AvgIpc) is 2.38. The van der Waals surface area contributed by atoms with E-state index >= 15 is 0 Å². The number of halogens is 3. The van der Waals surface area contributed by atoms with Crippen molar-refractivity contribution in [1.29, 1.82) is 0 Å². The van der Waals surface area contributed by atoms with E-state index in [4.69, 9.17) is 0 Å². The van der Waals surface area contributed by atoms with Gasteiger partial charge in [0.15, 0.2) is 0 Å². The van der Waals surface area contributed by atoms with Gasteiger partial charge in [0.2, 0.25) is 0 Å². The Labute approximate surface area is 114 Å². The Morgan fingerprint density at radius 1 is 1.10 bits per heavy atom. The molecule has 1 N–H and O–H groups in total. The van der Waals surface area contributed by atoms with Crippen LogP contribution in [0.3, 0.4) is 0 Å². The highest BCUT2D eigenvalue weighted by Crippen LogP contribution is 2.31. The fourth-order valence-corrected chi connectivity index (χ4v) is 2.42. The van der Waals surface area contributed by atoms with E-state index in [2.05, 4.69) is 0 Å². The van der Waals surface area contributed by atoms with Crippen LogP contribution in [0.25, 0.3) is 5.57 Å². The summed E-state index contributed by atoms with van der Waals surface area (Å²) in [6.07, 6.45) is 7.15. The van der Waals surface area contributed by atoms with E-state index < -0.39 is 15.5 Å². The van der Waals surface area contributed by atoms with Gasteiger partial charge < -0.3 is 0 Å². The zero-order chi connectivity index (χ0) is 14.8. The Balaban J connectivity index is 2.39. The van der Waals surface area contributed by atoms with Crippen LogP contribution in [-0.2, 0) is 10.0 Å². The highest BCUT2D eigenvalue weighted by Gasteiger charge is 2.46. The fraction of sp³-hybridized carbons (Fsp3) is 0.231. The molecule has 0 radical (unpaired) electrons. The van der Waals surface area contributed by atoms with Crippen LogP contribution < -0.4 is 4.72 Å². The minimum atomic E-state index is -5.41. The van der Waals surface area contributed by atoms with Gasteiger partial charge in [-0.1, -0.05) is 36.4 Å². The summed E-state index contributed by atoms with van der Waals surface area (Å²) in [5.41, 5.74) is -4.28. The number of allylic oxidation sites excluding steroid dienone is 4. The van der Waals surface area contributed by atoms with E-state index in [1.165, 1.54) is 12.1 Å². The Morgan fingerprint density at radius 2 is 1.80 bits per heavy atom. The normalized spacial score (nSPS) is 15.8. The molecular weight excluding hydrogens is 291 g/mol. The van der Waals surface area contributed by atoms with E-state index in [1.807, 2.05) is 12.2 Å². The second-order valence-corrected chi connectivity index (χ2v) is 5.91. The third-order valence-electron chi connectivity index (χ3n) is 2.78. The van der Waals surface area contributed by atoms with Crippen molar-refractivity contribution in [3.05, 3.63) is 48.1 Å². The number of benzene rings is 1. The van der Waals surface area contributed by atoms with Crippen LogP contribution in [0.2, 0.25) is 0 Å². The lowest BCUT2D eigenvalue weighted by molar-refractivity contribution is -0.0429. The van der Waals surface area contributed by atoms with Gasteiger partial charge in [0.25, 0.3) is 0 Å². The molecule has 1 aliphatic rings. The second kappa shape index (κ2) is 5.32. The first-order valence-corrected chi connectivity index (χ1v) is 7.35. The Kier molecular flexibility index (Phi) is 3.89. The first-order valence-electron chi connectivity index (χ1n) is 5.86. The van der Waals surface area contributed by atoms with E-state index in [0.717, 1.165) is 12.8 Å². The molecule has 0 fully saturated rings. The molecule has 0 saturated carbocycles. The van der Waals surface area contributed by atoms with Crippen LogP contribution in [-0.4, -0.2) is 13.9 Å². The van der Waals surface area contributed by atoms with Crippen molar-refractivity contribution in [2.24, 2.45) is 0 Å². The summed E-state index contributed by atoms with van der Waals surface area (Å²) in [6.45, 7) is 0. The lowest BCUT2D eigenvalue weighted by atomic mass is 9.98. The second-order valence-electron chi connectivity index (χ2n) is 4.24. The zero-order valence-corrected chi connectivity index (χ0v) is 11.1. The largest absolute Gasteiger partial charge is 0.516 e. The minimum absolute atomic E-state index is 0.0809. The molecule has 1 aliphatic carbocycles. The van der Waals surface area contributed by atoms with Crippen LogP contribution in [0, 0.1) is 0 Å². The van der Waals surface area contributed by atoms with Crippen LogP contribution in [0.5, 0.6) is 0 Å². The van der Waals surface area contributed by atoms with Gasteiger partial charge >= 0.3 is 15.5 Å². The molecule has 0 bridgehead atoms. The maximum atomic E-state index is 12.4. The number of sulfonamides is 1. The van der Waals surface area contributed by atoms with Crippen LogP contribution in [0.15, 0.2) is 42.5 Å². The third-order valence-corrected chi connectivity index (χ3v) is 3.88. The number of hydrogen-bond acceptors (Lipinski definition) is 2. The van der Waals surface area contributed by atoms with Crippen molar-refractivity contribution in [3.8, 4) is 0 Å². The van der Waals surface area contributed by atoms with Crippen molar-refractivity contribution >= 4 is 21.3 Å². The topological polar surface area (TPSA) is 46.2 Å². The number of alkyl halides is 3. The highest BCUT2D eigenvalue weighted by atomic mass is 32.2. The maximum absolute atomic E-state index is 12.4. The number of anilines is 1. The summed E-state index contributed by atoms with van der Waals surface area (Å²) >= 11 is 0. The third kappa shape index (κ3) is 3.04. The molecule has 1 aromatic carbocycles. The van der Waals surface area contributed by atoms with Crippen molar-refractivity contribution in [3.63, 3.8) is 0 Å². The molecule has 0 saturated heterocycles. The highest BCUT2D eigenvalue weighted by molar-refractivity contribution is 7.93. The van der Waals surface area contributed by atoms with Crippen molar-refractivity contribution in [2.45, 2.75) is 18.3 Å². The van der Waals surface area contributed by atoms with Gasteiger partial charge in [-0.3, -0.25) is 4.72 Å². The molecule has 0 aromatic heterocycles. The molecule has 0 amide bonds. The quantitative estimate of drug-likeness (QED) is 0.926. The smallest absolute Gasteiger partial charge is 0.275 e. The number of nitrogens with one attached hydrogen (secondary N) is 1. The van der Waals surface area contributed by atoms with Crippen molar-refractivity contribution < 1.29 is 21.6 Å². The molecule has 7 heteroatoms. The Hall–Kier alpha value is -1.76. The molecule has 108 valence electrons. The lowest BCUT2D eigenvalue weighted by Gasteiger charge is -2.15. The van der Waals surface area contributed by atoms with Gasteiger partial charge in [-0.15, -0.1) is 0 Å². The summed E-state index contributed by atoms with van der Waals surface area (Å²) in [5.74, 6) is 0. The SMILES string of the molecule is O=S(=O)(Nc1ccccc1C1=CCCC=C1)C(F)(F)F. The molecule has 20 heavy (non-hydrogen) atoms. The average molecular weight is 303 g/mol. The van der Waals surface area contributed by atoms with Gasteiger partial charge in [-0.25, -0.2) is 0 Å². The molecule has 0 aliphatic heterocycles. The molecule has 0 unspecified atom stereocenters. The molecule has 2 rings (SSSR count). The van der Waals surface area contributed by atoms with Crippen molar-refractivity contribution in [2.75, 3.05) is 4.72 Å². The lowest BCUT2D eigenvalue weighted by Crippen LogP contribution is -2.30. The zero-order valence-electron chi connectivity index (χ0n) is 10.3. The summed E-state index contributed by atoms with van der Waals surface area (Å²) in [7, 11) is -5.41. The van der Waals surface area contributed by atoms with E-state index in [-0.39, 0.29) is 5.69 Å². The van der Waals surface area contributed by atoms with E-state index in [9.17, 15) is 21.6 Å². The number of hydrogen-bond donors (Lipinski definition) is 1. The molecular formula is C13H12F3NO2S. The monoisotopic (exact) mass is 303 g/mol. The Morgan fingerprint density at radius 3 is 2.40 bits per heavy atom. The van der Waals surface area contributed by atoms with Gasteiger partial charge in [-0.2, -0.15) is 21.6 Å². The first-order chi connectivity index (χ1) is 9.31. The minimum Gasteiger partial charge on any atom is -0.275 e. The van der Waals surface area contributed by atoms with Crippen LogP contribution in [0.4, 0.5) is 18.9 Å². The van der Waals surface area contributed by atoms with Crippen molar-refractivity contribution in [1.82, 2.24) is 0 Å². The number of para-hydroxylation sites is 1. The molecule has 1 aromatic rings. The van der Waals surface area contributed by atoms with Gasteiger partial charge in [0.05, 0.1) is 5.69 Å². The van der Waals surface area contributed by atoms with E-state index in [1.54, 1.807) is 22.9 Å². The Bertz CT molecular complexity index is 660. The number of rotatable bonds is 3. The summed E-state index contributed by atoms with van der Waals surface area (Å²) in [5, 5.41) is 0. The van der Waals surface area contributed by atoms with Gasteiger partial charge in [-0.05, 0) is 24.5 Å². The molecule has 0 atom stereocenters. The van der Waals surface area contributed by atoms with Crippen LogP contribution >= 0.6 is 0 Å². The summed E-state index contributed by atoms with van der Waals surface area (Å²) < 4.78 is 61.2.